The number of nitrogens with zero attached hydrogens (tertiary/aromatic N) is 1. The third-order valence-electron chi connectivity index (χ3n) is 7.63. The zero-order valence-corrected chi connectivity index (χ0v) is 24.6. The van der Waals surface area contributed by atoms with E-state index in [0.29, 0.717) is 5.92 Å². The van der Waals surface area contributed by atoms with Crippen LogP contribution in [0.2, 0.25) is 0 Å². The van der Waals surface area contributed by atoms with E-state index < -0.39 is 0 Å². The van der Waals surface area contributed by atoms with Gasteiger partial charge in [-0.3, -0.25) is 4.79 Å². The second-order valence-electron chi connectivity index (χ2n) is 11.3. The van der Waals surface area contributed by atoms with Crippen molar-refractivity contribution in [2.75, 3.05) is 5.33 Å². The maximum Gasteiger partial charge on any atom is 0.264 e. The summed E-state index contributed by atoms with van der Waals surface area (Å²) >= 11 is 3.51. The molecule has 0 aliphatic carbocycles. The summed E-state index contributed by atoms with van der Waals surface area (Å²) in [5, 5.41) is 8.32. The van der Waals surface area contributed by atoms with E-state index >= 15 is 0 Å². The van der Waals surface area contributed by atoms with Gasteiger partial charge in [0, 0.05) is 16.8 Å². The summed E-state index contributed by atoms with van der Waals surface area (Å²) in [7, 11) is 0. The minimum atomic E-state index is -0.104. The molecule has 0 saturated carbocycles. The molecular formula is C30H55BrN2O. The molecule has 0 spiro atoms. The van der Waals surface area contributed by atoms with Crippen LogP contribution in [0.1, 0.15) is 149 Å². The van der Waals surface area contributed by atoms with Gasteiger partial charge >= 0.3 is 0 Å². The van der Waals surface area contributed by atoms with Crippen molar-refractivity contribution in [1.29, 1.82) is 0 Å². The summed E-state index contributed by atoms with van der Waals surface area (Å²) in [5.41, 5.74) is 1.01. The van der Waals surface area contributed by atoms with Gasteiger partial charge in [0.05, 0.1) is 5.69 Å². The van der Waals surface area contributed by atoms with Gasteiger partial charge in [-0.2, -0.15) is 5.10 Å². The highest BCUT2D eigenvalue weighted by Gasteiger charge is 2.30. The first-order valence-corrected chi connectivity index (χ1v) is 15.7. The van der Waals surface area contributed by atoms with Crippen LogP contribution >= 0.6 is 15.9 Å². The number of halogens is 1. The lowest BCUT2D eigenvalue weighted by molar-refractivity contribution is 0.292. The first-order valence-electron chi connectivity index (χ1n) is 14.5. The molecule has 3 atom stereocenters. The van der Waals surface area contributed by atoms with Gasteiger partial charge in [0.2, 0.25) is 0 Å². The second-order valence-corrected chi connectivity index (χ2v) is 12.1. The number of hydrogen-bond acceptors (Lipinski definition) is 2. The zero-order chi connectivity index (χ0) is 25.1. The van der Waals surface area contributed by atoms with Crippen LogP contribution in [-0.4, -0.2) is 15.5 Å². The smallest absolute Gasteiger partial charge is 0.264 e. The van der Waals surface area contributed by atoms with E-state index in [-0.39, 0.29) is 11.0 Å². The molecule has 4 heteroatoms. The Labute approximate surface area is 219 Å². The molecule has 0 bridgehead atoms. The summed E-state index contributed by atoms with van der Waals surface area (Å²) in [4.78, 5) is 11.6. The number of rotatable bonds is 22. The molecule has 0 aliphatic heterocycles. The Kier molecular flexibility index (Phi) is 18.0. The van der Waals surface area contributed by atoms with E-state index in [9.17, 15) is 4.79 Å². The van der Waals surface area contributed by atoms with E-state index in [1.165, 1.54) is 103 Å². The molecule has 0 fully saturated rings. The van der Waals surface area contributed by atoms with Gasteiger partial charge in [-0.15, -0.1) is 0 Å². The molecule has 3 nitrogen and oxygen atoms in total. The van der Waals surface area contributed by atoms with Crippen molar-refractivity contribution in [3.8, 4) is 0 Å². The van der Waals surface area contributed by atoms with Gasteiger partial charge in [-0.05, 0) is 37.2 Å². The fourth-order valence-electron chi connectivity index (χ4n) is 5.54. The number of aromatic amines is 1. The average molecular weight is 540 g/mol. The second kappa shape index (κ2) is 19.5. The minimum absolute atomic E-state index is 0.0494. The first-order chi connectivity index (χ1) is 16.4. The van der Waals surface area contributed by atoms with E-state index in [1.54, 1.807) is 6.07 Å². The normalized spacial score (nSPS) is 15.2. The molecule has 1 aromatic heterocycles. The largest absolute Gasteiger partial charge is 0.268 e. The summed E-state index contributed by atoms with van der Waals surface area (Å²) in [5.74, 6) is 1.53. The quantitative estimate of drug-likeness (QED) is 0.118. The number of hydrogen-bond donors (Lipinski definition) is 1. The highest BCUT2D eigenvalue weighted by Crippen LogP contribution is 2.36. The Bertz CT molecular complexity index is 641. The lowest BCUT2D eigenvalue weighted by atomic mass is 9.73. The van der Waals surface area contributed by atoms with Crippen molar-refractivity contribution >= 4 is 15.9 Å². The third kappa shape index (κ3) is 14.7. The van der Waals surface area contributed by atoms with Crippen LogP contribution in [0.15, 0.2) is 16.9 Å². The average Bonchev–Trinajstić information content (AvgIpc) is 2.80. The van der Waals surface area contributed by atoms with Crippen molar-refractivity contribution in [2.24, 2.45) is 11.8 Å². The molecule has 1 N–H and O–H groups in total. The topological polar surface area (TPSA) is 45.8 Å². The van der Waals surface area contributed by atoms with E-state index in [4.69, 9.17) is 0 Å². The van der Waals surface area contributed by atoms with Crippen LogP contribution in [0.3, 0.4) is 0 Å². The minimum Gasteiger partial charge on any atom is -0.268 e. The summed E-state index contributed by atoms with van der Waals surface area (Å²) in [6, 6.07) is 3.62. The van der Waals surface area contributed by atoms with Crippen molar-refractivity contribution in [2.45, 2.75) is 149 Å². The lowest BCUT2D eigenvalue weighted by Crippen LogP contribution is -2.28. The predicted octanol–water partition coefficient (Wildman–Crippen LogP) is 9.74. The van der Waals surface area contributed by atoms with Crippen molar-refractivity contribution in [3.63, 3.8) is 0 Å². The van der Waals surface area contributed by atoms with E-state index in [0.717, 1.165) is 29.8 Å². The molecule has 0 saturated heterocycles. The van der Waals surface area contributed by atoms with Crippen LogP contribution in [-0.2, 0) is 5.41 Å². The molecule has 198 valence electrons. The Hall–Kier alpha value is -0.640. The van der Waals surface area contributed by atoms with Gasteiger partial charge in [0.25, 0.3) is 5.56 Å². The van der Waals surface area contributed by atoms with Crippen molar-refractivity contribution in [3.05, 3.63) is 28.2 Å². The van der Waals surface area contributed by atoms with Crippen LogP contribution in [0, 0.1) is 11.8 Å². The predicted molar refractivity (Wildman–Crippen MR) is 153 cm³/mol. The molecule has 0 radical (unpaired) electrons. The van der Waals surface area contributed by atoms with Crippen LogP contribution in [0.25, 0.3) is 0 Å². The number of aromatic nitrogens is 2. The van der Waals surface area contributed by atoms with Gasteiger partial charge in [0.15, 0.2) is 0 Å². The molecule has 1 aromatic rings. The fraction of sp³-hybridized carbons (Fsp3) is 0.867. The van der Waals surface area contributed by atoms with Crippen molar-refractivity contribution < 1.29 is 0 Å². The Morgan fingerprint density at radius 1 is 0.824 bits per heavy atom. The van der Waals surface area contributed by atoms with Gasteiger partial charge < -0.3 is 0 Å². The number of alkyl halides is 1. The molecule has 1 rings (SSSR count). The maximum absolute atomic E-state index is 11.6. The Morgan fingerprint density at radius 2 is 1.38 bits per heavy atom. The number of nitrogens with one attached hydrogen (secondary N) is 1. The fourth-order valence-corrected chi connectivity index (χ4v) is 5.94. The summed E-state index contributed by atoms with van der Waals surface area (Å²) < 4.78 is 0. The van der Waals surface area contributed by atoms with Crippen LogP contribution in [0.5, 0.6) is 0 Å². The molecule has 0 aromatic carbocycles. The zero-order valence-electron chi connectivity index (χ0n) is 23.0. The van der Waals surface area contributed by atoms with E-state index in [2.05, 4.69) is 53.8 Å². The molecule has 3 unspecified atom stereocenters. The van der Waals surface area contributed by atoms with Gasteiger partial charge in [-0.25, -0.2) is 5.10 Å². The van der Waals surface area contributed by atoms with Gasteiger partial charge in [0.1, 0.15) is 0 Å². The highest BCUT2D eigenvalue weighted by atomic mass is 79.9. The summed E-state index contributed by atoms with van der Waals surface area (Å²) in [6.45, 7) is 9.47. The van der Waals surface area contributed by atoms with Crippen molar-refractivity contribution in [1.82, 2.24) is 10.2 Å². The highest BCUT2D eigenvalue weighted by molar-refractivity contribution is 9.09. The van der Waals surface area contributed by atoms with E-state index in [1.807, 2.05) is 6.07 Å². The Balaban J connectivity index is 2.39. The molecule has 1 heterocycles. The Morgan fingerprint density at radius 3 is 1.91 bits per heavy atom. The van der Waals surface area contributed by atoms with Crippen LogP contribution in [0.4, 0.5) is 0 Å². The third-order valence-corrected chi connectivity index (χ3v) is 8.19. The summed E-state index contributed by atoms with van der Waals surface area (Å²) in [6.07, 6.45) is 24.0. The van der Waals surface area contributed by atoms with Gasteiger partial charge in [-0.1, -0.05) is 140 Å². The number of unbranched alkanes of at least 4 members (excludes halogenated alkanes) is 10. The standard InChI is InChI=1S/C30H55BrN2O/c1-5-18-26(2)19-17-20-27(3)25-30(4,28-21-22-29(34)33-32-28)23-15-13-11-9-7-6-8-10-12-14-16-24-31/h21-22,26-27H,5-20,23-25H2,1-4H3,(H,33,34). The lowest BCUT2D eigenvalue weighted by Gasteiger charge is -2.32. The monoisotopic (exact) mass is 538 g/mol. The maximum atomic E-state index is 11.6. The number of H-pyrrole nitrogens is 1. The molecule has 0 aliphatic rings. The molecule has 34 heavy (non-hydrogen) atoms. The molecular weight excluding hydrogens is 484 g/mol. The molecule has 0 amide bonds. The van der Waals surface area contributed by atoms with Crippen LogP contribution < -0.4 is 5.56 Å². The SMILES string of the molecule is CCCC(C)CCCC(C)CC(C)(CCCCCCCCCCCCCBr)c1ccc(=O)[nH]n1. The first kappa shape index (κ1) is 31.4.